The minimum atomic E-state index is -0.546. The summed E-state index contributed by atoms with van der Waals surface area (Å²) in [5.41, 5.74) is 0.990. The van der Waals surface area contributed by atoms with E-state index in [1.165, 1.54) is 14.0 Å². The van der Waals surface area contributed by atoms with Crippen molar-refractivity contribution in [2.75, 3.05) is 37.4 Å². The molecule has 8 heteroatoms. The Hall–Kier alpha value is -1.83. The Bertz CT molecular complexity index is 533. The van der Waals surface area contributed by atoms with Crippen LogP contribution in [0.1, 0.15) is 6.92 Å². The number of rotatable bonds is 4. The number of hydrogen-bond donors (Lipinski definition) is 3. The fourth-order valence-electron chi connectivity index (χ4n) is 2.00. The summed E-state index contributed by atoms with van der Waals surface area (Å²) in [4.78, 5) is 23.4. The van der Waals surface area contributed by atoms with Crippen LogP contribution in [0.3, 0.4) is 0 Å². The van der Waals surface area contributed by atoms with Crippen LogP contribution < -0.4 is 20.7 Å². The Labute approximate surface area is 135 Å². The van der Waals surface area contributed by atoms with E-state index in [0.717, 1.165) is 6.54 Å². The van der Waals surface area contributed by atoms with E-state index in [-0.39, 0.29) is 24.2 Å². The van der Waals surface area contributed by atoms with E-state index < -0.39 is 6.10 Å². The first kappa shape index (κ1) is 18.2. The maximum Gasteiger partial charge on any atom is 0.254 e. The Balaban J connectivity index is 0.00000242. The number of carbonyl (C=O) groups is 2. The van der Waals surface area contributed by atoms with Crippen LogP contribution in [0, 0.1) is 0 Å². The summed E-state index contributed by atoms with van der Waals surface area (Å²) in [7, 11) is 1.53. The number of morpholine rings is 1. The predicted octanol–water partition coefficient (Wildman–Crippen LogP) is 1.00. The first-order chi connectivity index (χ1) is 10.1. The summed E-state index contributed by atoms with van der Waals surface area (Å²) in [6.45, 7) is 3.10. The first-order valence-corrected chi connectivity index (χ1v) is 6.69. The molecule has 1 heterocycles. The minimum absolute atomic E-state index is 0. The van der Waals surface area contributed by atoms with Crippen LogP contribution in [0.5, 0.6) is 5.75 Å². The Kier molecular flexibility index (Phi) is 7.10. The van der Waals surface area contributed by atoms with E-state index in [1.807, 2.05) is 0 Å². The van der Waals surface area contributed by atoms with E-state index in [4.69, 9.17) is 9.47 Å². The summed E-state index contributed by atoms with van der Waals surface area (Å²) in [6, 6.07) is 5.04. The van der Waals surface area contributed by atoms with Crippen LogP contribution in [0.15, 0.2) is 18.2 Å². The van der Waals surface area contributed by atoms with Gasteiger partial charge in [0.1, 0.15) is 11.9 Å². The molecule has 1 unspecified atom stereocenters. The van der Waals surface area contributed by atoms with Crippen molar-refractivity contribution in [1.82, 2.24) is 5.32 Å². The topological polar surface area (TPSA) is 88.7 Å². The van der Waals surface area contributed by atoms with Gasteiger partial charge in [-0.25, -0.2) is 0 Å². The van der Waals surface area contributed by atoms with Gasteiger partial charge in [0.05, 0.1) is 25.1 Å². The van der Waals surface area contributed by atoms with Crippen molar-refractivity contribution in [2.45, 2.75) is 13.0 Å². The SMILES string of the molecule is COc1ccc(NC(C)=O)c(NC(=O)C2CNCCO2)c1.Cl. The lowest BCUT2D eigenvalue weighted by Crippen LogP contribution is -2.45. The summed E-state index contributed by atoms with van der Waals surface area (Å²) in [5, 5.41) is 8.52. The number of ether oxygens (including phenoxy) is 2. The number of methoxy groups -OCH3 is 1. The van der Waals surface area contributed by atoms with Gasteiger partial charge in [-0.1, -0.05) is 0 Å². The fraction of sp³-hybridized carbons (Fsp3) is 0.429. The Morgan fingerprint density at radius 2 is 2.09 bits per heavy atom. The number of benzene rings is 1. The molecule has 22 heavy (non-hydrogen) atoms. The average Bonchev–Trinajstić information content (AvgIpc) is 2.49. The van der Waals surface area contributed by atoms with Gasteiger partial charge in [0.2, 0.25) is 5.91 Å². The van der Waals surface area contributed by atoms with E-state index in [1.54, 1.807) is 18.2 Å². The summed E-state index contributed by atoms with van der Waals surface area (Å²) >= 11 is 0. The third-order valence-electron chi connectivity index (χ3n) is 3.02. The van der Waals surface area contributed by atoms with Gasteiger partial charge < -0.3 is 25.4 Å². The molecule has 1 aromatic carbocycles. The lowest BCUT2D eigenvalue weighted by molar-refractivity contribution is -0.128. The normalized spacial score (nSPS) is 17.1. The van der Waals surface area contributed by atoms with Crippen molar-refractivity contribution in [3.63, 3.8) is 0 Å². The van der Waals surface area contributed by atoms with Gasteiger partial charge in [-0.15, -0.1) is 12.4 Å². The van der Waals surface area contributed by atoms with Gasteiger partial charge in [0.25, 0.3) is 5.91 Å². The van der Waals surface area contributed by atoms with Crippen molar-refractivity contribution in [1.29, 1.82) is 0 Å². The molecular formula is C14H20ClN3O4. The fourth-order valence-corrected chi connectivity index (χ4v) is 2.00. The smallest absolute Gasteiger partial charge is 0.254 e. The largest absolute Gasteiger partial charge is 0.497 e. The number of nitrogens with one attached hydrogen (secondary N) is 3. The second-order valence-corrected chi connectivity index (χ2v) is 4.65. The Morgan fingerprint density at radius 1 is 1.32 bits per heavy atom. The molecule has 0 aromatic heterocycles. The van der Waals surface area contributed by atoms with Gasteiger partial charge in [-0.2, -0.15) is 0 Å². The number of amides is 2. The number of hydrogen-bond acceptors (Lipinski definition) is 5. The third-order valence-corrected chi connectivity index (χ3v) is 3.02. The molecule has 2 rings (SSSR count). The molecule has 2 amide bonds. The summed E-state index contributed by atoms with van der Waals surface area (Å²) in [6.07, 6.45) is -0.546. The van der Waals surface area contributed by atoms with Crippen LogP contribution in [-0.4, -0.2) is 44.7 Å². The second kappa shape index (κ2) is 8.57. The average molecular weight is 330 g/mol. The summed E-state index contributed by atoms with van der Waals surface area (Å²) in [5.74, 6) is 0.107. The molecule has 122 valence electrons. The molecular weight excluding hydrogens is 310 g/mol. The van der Waals surface area contributed by atoms with Crippen LogP contribution >= 0.6 is 12.4 Å². The standard InChI is InChI=1S/C14H19N3O4.ClH/c1-9(18)16-11-4-3-10(20-2)7-12(11)17-14(19)13-8-15-5-6-21-13;/h3-4,7,13,15H,5-6,8H2,1-2H3,(H,16,18)(H,17,19);1H. The quantitative estimate of drug-likeness (QED) is 0.767. The molecule has 1 saturated heterocycles. The first-order valence-electron chi connectivity index (χ1n) is 6.69. The summed E-state index contributed by atoms with van der Waals surface area (Å²) < 4.78 is 10.5. The van der Waals surface area contributed by atoms with E-state index >= 15 is 0 Å². The molecule has 1 fully saturated rings. The van der Waals surface area contributed by atoms with E-state index in [2.05, 4.69) is 16.0 Å². The highest BCUT2D eigenvalue weighted by Crippen LogP contribution is 2.27. The molecule has 0 spiro atoms. The van der Waals surface area contributed by atoms with Crippen LogP contribution in [-0.2, 0) is 14.3 Å². The van der Waals surface area contributed by atoms with Crippen molar-refractivity contribution < 1.29 is 19.1 Å². The zero-order chi connectivity index (χ0) is 15.2. The zero-order valence-electron chi connectivity index (χ0n) is 12.5. The number of halogens is 1. The molecule has 7 nitrogen and oxygen atoms in total. The zero-order valence-corrected chi connectivity index (χ0v) is 13.3. The highest BCUT2D eigenvalue weighted by Gasteiger charge is 2.22. The predicted molar refractivity (Wildman–Crippen MR) is 85.8 cm³/mol. The van der Waals surface area contributed by atoms with Crippen LogP contribution in [0.2, 0.25) is 0 Å². The molecule has 1 aliphatic heterocycles. The minimum Gasteiger partial charge on any atom is -0.497 e. The lowest BCUT2D eigenvalue weighted by atomic mass is 10.2. The lowest BCUT2D eigenvalue weighted by Gasteiger charge is -2.23. The van der Waals surface area contributed by atoms with E-state index in [9.17, 15) is 9.59 Å². The molecule has 1 aromatic rings. The van der Waals surface area contributed by atoms with Crippen molar-refractivity contribution in [2.24, 2.45) is 0 Å². The third kappa shape index (κ3) is 4.87. The molecule has 0 aliphatic carbocycles. The molecule has 0 bridgehead atoms. The van der Waals surface area contributed by atoms with Crippen molar-refractivity contribution in [3.8, 4) is 5.75 Å². The monoisotopic (exact) mass is 329 g/mol. The highest BCUT2D eigenvalue weighted by atomic mass is 35.5. The van der Waals surface area contributed by atoms with Gasteiger partial charge in [-0.05, 0) is 12.1 Å². The van der Waals surface area contributed by atoms with Gasteiger partial charge in [-0.3, -0.25) is 9.59 Å². The molecule has 1 aliphatic rings. The maximum absolute atomic E-state index is 12.2. The maximum atomic E-state index is 12.2. The van der Waals surface area contributed by atoms with Gasteiger partial charge >= 0.3 is 0 Å². The molecule has 1 atom stereocenters. The Morgan fingerprint density at radius 3 is 2.68 bits per heavy atom. The molecule has 0 radical (unpaired) electrons. The van der Waals surface area contributed by atoms with E-state index in [0.29, 0.717) is 30.3 Å². The second-order valence-electron chi connectivity index (χ2n) is 4.65. The van der Waals surface area contributed by atoms with Gasteiger partial charge in [0.15, 0.2) is 0 Å². The molecule has 0 saturated carbocycles. The van der Waals surface area contributed by atoms with Gasteiger partial charge in [0, 0.05) is 26.1 Å². The molecule has 3 N–H and O–H groups in total. The number of carbonyl (C=O) groups excluding carboxylic acids is 2. The van der Waals surface area contributed by atoms with Crippen molar-refractivity contribution in [3.05, 3.63) is 18.2 Å². The number of anilines is 2. The highest BCUT2D eigenvalue weighted by molar-refractivity contribution is 6.00. The van der Waals surface area contributed by atoms with Crippen LogP contribution in [0.4, 0.5) is 11.4 Å². The van der Waals surface area contributed by atoms with Crippen molar-refractivity contribution >= 4 is 35.6 Å². The van der Waals surface area contributed by atoms with Crippen LogP contribution in [0.25, 0.3) is 0 Å².